The molecule has 39 heavy (non-hydrogen) atoms. The lowest BCUT2D eigenvalue weighted by Crippen LogP contribution is -2.50. The van der Waals surface area contributed by atoms with Gasteiger partial charge in [0.2, 0.25) is 0 Å². The third kappa shape index (κ3) is 5.84. The van der Waals surface area contributed by atoms with Crippen molar-refractivity contribution in [3.8, 4) is 5.75 Å². The van der Waals surface area contributed by atoms with Crippen LogP contribution < -0.4 is 4.74 Å². The lowest BCUT2D eigenvalue weighted by atomic mass is 9.47. The topological polar surface area (TPSA) is 35.5 Å². The van der Waals surface area contributed by atoms with Crippen molar-refractivity contribution < 1.29 is 14.3 Å². The van der Waals surface area contributed by atoms with Crippen LogP contribution in [0, 0.1) is 34.5 Å². The first-order valence-corrected chi connectivity index (χ1v) is 16.5. The van der Waals surface area contributed by atoms with Crippen LogP contribution in [0.4, 0.5) is 4.79 Å². The number of fused-ring (bicyclic) bond motifs is 5. The highest BCUT2D eigenvalue weighted by atomic mass is 16.7. The number of carbonyl (C=O) groups excluding carboxylic acids is 1. The highest BCUT2D eigenvalue weighted by Gasteiger charge is 2.58. The first-order chi connectivity index (χ1) is 18.9. The van der Waals surface area contributed by atoms with Crippen LogP contribution in [-0.4, -0.2) is 12.3 Å². The van der Waals surface area contributed by atoms with Gasteiger partial charge < -0.3 is 9.47 Å². The number of rotatable bonds is 10. The molecule has 0 N–H and O–H groups in total. The maximum absolute atomic E-state index is 12.7. The Morgan fingerprint density at radius 1 is 0.923 bits per heavy atom. The van der Waals surface area contributed by atoms with Crippen LogP contribution in [0.2, 0.25) is 0 Å². The summed E-state index contributed by atoms with van der Waals surface area (Å²) in [4.78, 5) is 12.7. The van der Waals surface area contributed by atoms with E-state index in [2.05, 4.69) is 33.8 Å². The van der Waals surface area contributed by atoms with Gasteiger partial charge in [-0.25, -0.2) is 4.79 Å². The van der Waals surface area contributed by atoms with Gasteiger partial charge >= 0.3 is 6.16 Å². The van der Waals surface area contributed by atoms with Crippen molar-refractivity contribution in [3.63, 3.8) is 0 Å². The van der Waals surface area contributed by atoms with Crippen LogP contribution in [-0.2, 0) is 11.2 Å². The second-order valence-corrected chi connectivity index (χ2v) is 13.9. The molecular weight excluding hydrogens is 480 g/mol. The van der Waals surface area contributed by atoms with Crippen molar-refractivity contribution >= 4 is 6.16 Å². The quantitative estimate of drug-likeness (QED) is 0.130. The Balaban J connectivity index is 1.18. The number of unbranched alkanes of at least 4 members (excludes halogenated alkanes) is 5. The number of benzene rings is 1. The minimum atomic E-state index is -0.547. The number of para-hydroxylation sites is 1. The number of ether oxygens (including phenoxy) is 2. The number of allylic oxidation sites excluding steroid dienone is 1. The van der Waals surface area contributed by atoms with E-state index < -0.39 is 6.16 Å². The molecule has 1 aromatic rings. The molecule has 4 aliphatic rings. The second kappa shape index (κ2) is 12.4. The average molecular weight is 535 g/mol. The van der Waals surface area contributed by atoms with Gasteiger partial charge in [-0.1, -0.05) is 96.1 Å². The van der Waals surface area contributed by atoms with Crippen LogP contribution in [0.1, 0.15) is 130 Å². The number of hydrogen-bond donors (Lipinski definition) is 0. The molecule has 5 rings (SSSR count). The van der Waals surface area contributed by atoms with E-state index in [0.29, 0.717) is 11.2 Å². The van der Waals surface area contributed by atoms with E-state index in [9.17, 15) is 4.79 Å². The largest absolute Gasteiger partial charge is 0.514 e. The molecule has 0 aliphatic heterocycles. The van der Waals surface area contributed by atoms with Gasteiger partial charge in [-0.15, -0.1) is 0 Å². The summed E-state index contributed by atoms with van der Waals surface area (Å²) in [7, 11) is 0. The first-order valence-electron chi connectivity index (χ1n) is 16.5. The molecule has 7 atom stereocenters. The Morgan fingerprint density at radius 3 is 2.54 bits per heavy atom. The van der Waals surface area contributed by atoms with Gasteiger partial charge in [-0.2, -0.15) is 0 Å². The van der Waals surface area contributed by atoms with Gasteiger partial charge in [0.1, 0.15) is 11.9 Å². The third-order valence-electron chi connectivity index (χ3n) is 12.0. The fourth-order valence-electron chi connectivity index (χ4n) is 9.63. The van der Waals surface area contributed by atoms with Crippen LogP contribution in [0.5, 0.6) is 5.75 Å². The summed E-state index contributed by atoms with van der Waals surface area (Å²) < 4.78 is 11.5. The Kier molecular flexibility index (Phi) is 9.14. The highest BCUT2D eigenvalue weighted by Crippen LogP contribution is 2.66. The summed E-state index contributed by atoms with van der Waals surface area (Å²) >= 11 is 0. The molecule has 4 aliphatic carbocycles. The molecule has 0 heterocycles. The minimum Gasteiger partial charge on any atom is -0.430 e. The first kappa shape index (κ1) is 28.7. The van der Waals surface area contributed by atoms with Gasteiger partial charge in [-0.3, -0.25) is 0 Å². The molecule has 0 aromatic heterocycles. The Labute approximate surface area is 238 Å². The molecule has 0 unspecified atom stereocenters. The maximum atomic E-state index is 12.7. The zero-order valence-corrected chi connectivity index (χ0v) is 25.3. The van der Waals surface area contributed by atoms with Crippen LogP contribution in [0.3, 0.4) is 0 Å². The van der Waals surface area contributed by atoms with Gasteiger partial charge in [0.15, 0.2) is 0 Å². The molecule has 3 saturated carbocycles. The van der Waals surface area contributed by atoms with Crippen molar-refractivity contribution in [1.29, 1.82) is 0 Å². The molecule has 1 aromatic carbocycles. The van der Waals surface area contributed by atoms with Crippen molar-refractivity contribution in [3.05, 3.63) is 41.5 Å². The lowest BCUT2D eigenvalue weighted by Gasteiger charge is -2.58. The molecule has 0 amide bonds. The Bertz CT molecular complexity index is 1010. The van der Waals surface area contributed by atoms with Crippen LogP contribution in [0.15, 0.2) is 35.9 Å². The maximum Gasteiger partial charge on any atom is 0.514 e. The summed E-state index contributed by atoms with van der Waals surface area (Å²) in [5, 5.41) is 0. The van der Waals surface area contributed by atoms with Crippen molar-refractivity contribution in [2.75, 3.05) is 0 Å². The average Bonchev–Trinajstić information content (AvgIpc) is 3.27. The fourth-order valence-corrected chi connectivity index (χ4v) is 9.63. The van der Waals surface area contributed by atoms with E-state index in [0.717, 1.165) is 54.9 Å². The molecule has 0 saturated heterocycles. The van der Waals surface area contributed by atoms with Crippen molar-refractivity contribution in [2.24, 2.45) is 34.5 Å². The predicted octanol–water partition coefficient (Wildman–Crippen LogP) is 10.5. The van der Waals surface area contributed by atoms with Gasteiger partial charge in [0, 0.05) is 6.42 Å². The SMILES string of the molecule is CCCCCCCC[C@H]1CC[C@H]2[C@H]3CC=C4C[C@@H](OC(=O)Oc5ccccc5CC)CC[C@]4(C)[C@H]3CC[C@]12C. The summed E-state index contributed by atoms with van der Waals surface area (Å²) in [5.74, 6) is 4.12. The molecule has 216 valence electrons. The molecular formula is C36H54O3. The lowest BCUT2D eigenvalue weighted by molar-refractivity contribution is -0.0538. The zero-order chi connectivity index (χ0) is 27.5. The number of hydrogen-bond acceptors (Lipinski definition) is 3. The van der Waals surface area contributed by atoms with E-state index in [1.807, 2.05) is 24.3 Å². The van der Waals surface area contributed by atoms with Crippen LogP contribution >= 0.6 is 0 Å². The van der Waals surface area contributed by atoms with Gasteiger partial charge in [0.05, 0.1) is 0 Å². The molecule has 3 nitrogen and oxygen atoms in total. The molecule has 0 radical (unpaired) electrons. The zero-order valence-electron chi connectivity index (χ0n) is 25.3. The van der Waals surface area contributed by atoms with E-state index in [-0.39, 0.29) is 11.5 Å². The fraction of sp³-hybridized carbons (Fsp3) is 0.750. The smallest absolute Gasteiger partial charge is 0.430 e. The summed E-state index contributed by atoms with van der Waals surface area (Å²) in [6.07, 6.45) is 22.7. The number of aryl methyl sites for hydroxylation is 1. The van der Waals surface area contributed by atoms with Gasteiger partial charge in [-0.05, 0) is 104 Å². The Morgan fingerprint density at radius 2 is 1.72 bits per heavy atom. The normalized spacial score (nSPS) is 35.4. The van der Waals surface area contributed by atoms with Gasteiger partial charge in [0.25, 0.3) is 0 Å². The monoisotopic (exact) mass is 534 g/mol. The highest BCUT2D eigenvalue weighted by molar-refractivity contribution is 5.64. The third-order valence-corrected chi connectivity index (χ3v) is 12.0. The summed E-state index contributed by atoms with van der Waals surface area (Å²) in [5.41, 5.74) is 3.44. The standard InChI is InChI=1S/C36H54O3/c1-5-7-8-9-10-11-15-27-18-20-31-30-19-17-28-25-29(21-23-36(28,4)32(30)22-24-35(27,31)3)38-34(37)39-33-16-13-12-14-26(33)6-2/h12-14,16-17,27,29-32H,5-11,15,18-25H2,1-4H3/t27-,29-,30+,31-,32-,35+,36-/m0/s1. The molecule has 0 spiro atoms. The molecule has 3 fully saturated rings. The second-order valence-electron chi connectivity index (χ2n) is 13.9. The predicted molar refractivity (Wildman–Crippen MR) is 160 cm³/mol. The van der Waals surface area contributed by atoms with E-state index in [4.69, 9.17) is 9.47 Å². The summed E-state index contributed by atoms with van der Waals surface area (Å²) in [6, 6.07) is 7.76. The van der Waals surface area contributed by atoms with E-state index in [1.54, 1.807) is 5.57 Å². The Hall–Kier alpha value is -1.77. The molecule has 0 bridgehead atoms. The van der Waals surface area contributed by atoms with E-state index in [1.165, 1.54) is 77.0 Å². The van der Waals surface area contributed by atoms with E-state index >= 15 is 0 Å². The number of carbonyl (C=O) groups is 1. The van der Waals surface area contributed by atoms with Crippen LogP contribution in [0.25, 0.3) is 0 Å². The van der Waals surface area contributed by atoms with Crippen molar-refractivity contribution in [2.45, 2.75) is 137 Å². The molecule has 3 heteroatoms. The van der Waals surface area contributed by atoms with Crippen molar-refractivity contribution in [1.82, 2.24) is 0 Å². The summed E-state index contributed by atoms with van der Waals surface area (Å²) in [6.45, 7) is 9.61. The minimum absolute atomic E-state index is 0.0655.